The third kappa shape index (κ3) is 3.65. The second kappa shape index (κ2) is 6.88. The fraction of sp³-hybridized carbons (Fsp3) is 0.385. The van der Waals surface area contributed by atoms with Gasteiger partial charge in [-0.15, -0.1) is 0 Å². The van der Waals surface area contributed by atoms with Crippen molar-refractivity contribution in [3.63, 3.8) is 0 Å². The van der Waals surface area contributed by atoms with Crippen molar-refractivity contribution in [3.8, 4) is 0 Å². The molecule has 1 aromatic rings. The van der Waals surface area contributed by atoms with Crippen LogP contribution in [-0.4, -0.2) is 51.2 Å². The molecule has 1 aromatic carbocycles. The Kier molecular flexibility index (Phi) is 5.48. The number of amides is 1. The van der Waals surface area contributed by atoms with Crippen LogP contribution in [0.3, 0.4) is 0 Å². The van der Waals surface area contributed by atoms with Gasteiger partial charge >= 0.3 is 0 Å². The van der Waals surface area contributed by atoms with E-state index < -0.39 is 6.29 Å². The smallest absolute Gasteiger partial charge is 0.253 e. The first-order valence-corrected chi connectivity index (χ1v) is 5.48. The molecule has 0 saturated carbocycles. The van der Waals surface area contributed by atoms with E-state index in [1.165, 1.54) is 19.1 Å². The van der Waals surface area contributed by atoms with E-state index in [0.29, 0.717) is 17.7 Å². The molecule has 98 valence electrons. The Morgan fingerprint density at radius 1 is 1.28 bits per heavy atom. The first-order valence-electron chi connectivity index (χ1n) is 5.48. The van der Waals surface area contributed by atoms with Gasteiger partial charge in [-0.1, -0.05) is 12.1 Å². The molecule has 0 aliphatic heterocycles. The van der Waals surface area contributed by atoms with E-state index >= 15 is 0 Å². The second-order valence-corrected chi connectivity index (χ2v) is 3.83. The molecule has 0 bridgehead atoms. The molecule has 1 amide bonds. The summed E-state index contributed by atoms with van der Waals surface area (Å²) in [5.74, 6) is -0.147. The molecule has 0 spiro atoms. The van der Waals surface area contributed by atoms with Crippen LogP contribution >= 0.6 is 0 Å². The third-order valence-corrected chi connectivity index (χ3v) is 2.59. The molecule has 0 atom stereocenters. The van der Waals surface area contributed by atoms with Crippen LogP contribution in [0.4, 0.5) is 0 Å². The lowest BCUT2D eigenvalue weighted by Crippen LogP contribution is -2.36. The lowest BCUT2D eigenvalue weighted by atomic mass is 10.1. The second-order valence-electron chi connectivity index (χ2n) is 3.83. The Bertz CT molecular complexity index is 398. The largest absolute Gasteiger partial charge is 0.354 e. The van der Waals surface area contributed by atoms with Gasteiger partial charge in [-0.05, 0) is 12.1 Å². The standard InChI is InChI=1S/C13H17NO4/c1-14(8-12(17-2)18-3)13(16)11-6-4-10(9-15)5-7-11/h4-7,9,12H,8H2,1-3H3. The van der Waals surface area contributed by atoms with Gasteiger partial charge in [0.1, 0.15) is 6.29 Å². The van der Waals surface area contributed by atoms with Gasteiger partial charge in [0.05, 0.1) is 6.54 Å². The topological polar surface area (TPSA) is 55.8 Å². The van der Waals surface area contributed by atoms with Crippen molar-refractivity contribution in [2.75, 3.05) is 27.8 Å². The molecule has 5 heteroatoms. The average molecular weight is 251 g/mol. The number of carbonyl (C=O) groups excluding carboxylic acids is 2. The first-order chi connectivity index (χ1) is 8.62. The fourth-order valence-corrected chi connectivity index (χ4v) is 1.48. The van der Waals surface area contributed by atoms with Crippen molar-refractivity contribution < 1.29 is 19.1 Å². The van der Waals surface area contributed by atoms with Crippen molar-refractivity contribution in [2.24, 2.45) is 0 Å². The molecule has 0 aliphatic rings. The highest BCUT2D eigenvalue weighted by molar-refractivity contribution is 5.94. The van der Waals surface area contributed by atoms with Crippen LogP contribution in [0.5, 0.6) is 0 Å². The Hall–Kier alpha value is -1.72. The highest BCUT2D eigenvalue weighted by atomic mass is 16.7. The maximum absolute atomic E-state index is 12.0. The number of likely N-dealkylation sites (N-methyl/N-ethyl adjacent to an activating group) is 1. The molecule has 0 heterocycles. The van der Waals surface area contributed by atoms with Gasteiger partial charge in [0.15, 0.2) is 6.29 Å². The number of nitrogens with zero attached hydrogens (tertiary/aromatic N) is 1. The Labute approximate surface area is 106 Å². The maximum atomic E-state index is 12.0. The lowest BCUT2D eigenvalue weighted by Gasteiger charge is -2.22. The van der Waals surface area contributed by atoms with E-state index in [1.54, 1.807) is 31.3 Å². The van der Waals surface area contributed by atoms with E-state index in [2.05, 4.69) is 0 Å². The van der Waals surface area contributed by atoms with Gasteiger partial charge in [-0.25, -0.2) is 0 Å². The van der Waals surface area contributed by atoms with Crippen LogP contribution < -0.4 is 0 Å². The minimum atomic E-state index is -0.451. The van der Waals surface area contributed by atoms with Gasteiger partial charge in [0.25, 0.3) is 5.91 Å². The number of benzene rings is 1. The van der Waals surface area contributed by atoms with E-state index in [4.69, 9.17) is 9.47 Å². The fourth-order valence-electron chi connectivity index (χ4n) is 1.48. The van der Waals surface area contributed by atoms with Crippen molar-refractivity contribution >= 4 is 12.2 Å². The zero-order valence-electron chi connectivity index (χ0n) is 10.8. The lowest BCUT2D eigenvalue weighted by molar-refractivity contribution is -0.110. The summed E-state index contributed by atoms with van der Waals surface area (Å²) in [6, 6.07) is 6.46. The van der Waals surface area contributed by atoms with Crippen molar-refractivity contribution in [1.82, 2.24) is 4.90 Å². The number of methoxy groups -OCH3 is 2. The monoisotopic (exact) mass is 251 g/mol. The molecular formula is C13H17NO4. The van der Waals surface area contributed by atoms with E-state index in [1.807, 2.05) is 0 Å². The summed E-state index contributed by atoms with van der Waals surface area (Å²) < 4.78 is 10.1. The zero-order valence-corrected chi connectivity index (χ0v) is 10.8. The number of aldehydes is 1. The third-order valence-electron chi connectivity index (χ3n) is 2.59. The zero-order chi connectivity index (χ0) is 13.5. The average Bonchev–Trinajstić information content (AvgIpc) is 2.43. The molecule has 18 heavy (non-hydrogen) atoms. The van der Waals surface area contributed by atoms with Crippen LogP contribution in [0.2, 0.25) is 0 Å². The SMILES string of the molecule is COC(CN(C)C(=O)c1ccc(C=O)cc1)OC. The van der Waals surface area contributed by atoms with Gasteiger partial charge in [0, 0.05) is 32.4 Å². The van der Waals surface area contributed by atoms with Crippen LogP contribution in [0.15, 0.2) is 24.3 Å². The number of hydrogen-bond donors (Lipinski definition) is 0. The van der Waals surface area contributed by atoms with Crippen molar-refractivity contribution in [1.29, 1.82) is 0 Å². The van der Waals surface area contributed by atoms with Crippen LogP contribution in [0.1, 0.15) is 20.7 Å². The summed E-state index contributed by atoms with van der Waals surface area (Å²) in [5.41, 5.74) is 1.06. The number of ether oxygens (including phenoxy) is 2. The van der Waals surface area contributed by atoms with Crippen LogP contribution in [-0.2, 0) is 9.47 Å². The minimum absolute atomic E-state index is 0.147. The van der Waals surface area contributed by atoms with Crippen molar-refractivity contribution in [3.05, 3.63) is 35.4 Å². The van der Waals surface area contributed by atoms with E-state index in [0.717, 1.165) is 6.29 Å². The van der Waals surface area contributed by atoms with Crippen molar-refractivity contribution in [2.45, 2.75) is 6.29 Å². The summed E-state index contributed by atoms with van der Waals surface area (Å²) in [4.78, 5) is 24.1. The van der Waals surface area contributed by atoms with Gasteiger partial charge < -0.3 is 14.4 Å². The number of rotatable bonds is 6. The number of hydrogen-bond acceptors (Lipinski definition) is 4. The molecule has 0 fully saturated rings. The van der Waals surface area contributed by atoms with Crippen LogP contribution in [0, 0.1) is 0 Å². The highest BCUT2D eigenvalue weighted by Gasteiger charge is 2.16. The molecular weight excluding hydrogens is 234 g/mol. The van der Waals surface area contributed by atoms with Gasteiger partial charge in [-0.2, -0.15) is 0 Å². The molecule has 0 unspecified atom stereocenters. The summed E-state index contributed by atoms with van der Waals surface area (Å²) in [5, 5.41) is 0. The molecule has 0 radical (unpaired) electrons. The van der Waals surface area contributed by atoms with E-state index in [-0.39, 0.29) is 5.91 Å². The normalized spacial score (nSPS) is 10.4. The predicted octanol–water partition coefficient (Wildman–Crippen LogP) is 1.19. The van der Waals surface area contributed by atoms with Gasteiger partial charge in [0.2, 0.25) is 0 Å². The molecule has 0 N–H and O–H groups in total. The summed E-state index contributed by atoms with van der Waals surface area (Å²) >= 11 is 0. The molecule has 0 saturated heterocycles. The van der Waals surface area contributed by atoms with Crippen LogP contribution in [0.25, 0.3) is 0 Å². The quantitative estimate of drug-likeness (QED) is 0.563. The Balaban J connectivity index is 2.70. The Morgan fingerprint density at radius 3 is 2.28 bits per heavy atom. The highest BCUT2D eigenvalue weighted by Crippen LogP contribution is 2.07. The summed E-state index contributed by atoms with van der Waals surface area (Å²) in [6.07, 6.45) is 0.289. The predicted molar refractivity (Wildman–Crippen MR) is 66.6 cm³/mol. The van der Waals surface area contributed by atoms with E-state index in [9.17, 15) is 9.59 Å². The number of carbonyl (C=O) groups is 2. The maximum Gasteiger partial charge on any atom is 0.253 e. The minimum Gasteiger partial charge on any atom is -0.354 e. The molecule has 5 nitrogen and oxygen atoms in total. The summed E-state index contributed by atoms with van der Waals surface area (Å²) in [7, 11) is 4.71. The first kappa shape index (κ1) is 14.3. The Morgan fingerprint density at radius 2 is 1.83 bits per heavy atom. The molecule has 0 aliphatic carbocycles. The summed E-state index contributed by atoms with van der Waals surface area (Å²) in [6.45, 7) is 0.335. The molecule has 1 rings (SSSR count). The van der Waals surface area contributed by atoms with Gasteiger partial charge in [-0.3, -0.25) is 9.59 Å². The molecule has 0 aromatic heterocycles.